The van der Waals surface area contributed by atoms with Crippen molar-refractivity contribution in [3.8, 4) is 0 Å². The van der Waals surface area contributed by atoms with Crippen LogP contribution in [0.15, 0.2) is 24.3 Å². The van der Waals surface area contributed by atoms with Crippen LogP contribution < -0.4 is 0 Å². The first kappa shape index (κ1) is 6.86. The molecule has 1 nitrogen and oxygen atoms in total. The second-order valence-corrected chi connectivity index (χ2v) is 2.70. The highest BCUT2D eigenvalue weighted by Crippen LogP contribution is 2.31. The number of benzene rings is 1. The molecule has 0 saturated heterocycles. The van der Waals surface area contributed by atoms with Gasteiger partial charge in [0.25, 0.3) is 0 Å². The Labute approximate surface area is 67.0 Å². The maximum atomic E-state index is 5.23. The summed E-state index contributed by atoms with van der Waals surface area (Å²) in [7, 11) is 1.72. The fraction of sp³-hybridized carbons (Fsp3) is 0.300. The van der Waals surface area contributed by atoms with Gasteiger partial charge < -0.3 is 4.74 Å². The molecule has 0 bridgehead atoms. The highest BCUT2D eigenvalue weighted by Gasteiger charge is 2.21. The second kappa shape index (κ2) is 2.67. The molecule has 0 N–H and O–H groups in total. The maximum absolute atomic E-state index is 5.23. The van der Waals surface area contributed by atoms with Gasteiger partial charge in [-0.25, -0.2) is 0 Å². The summed E-state index contributed by atoms with van der Waals surface area (Å²) >= 11 is 0. The zero-order chi connectivity index (χ0) is 7.68. The summed E-state index contributed by atoms with van der Waals surface area (Å²) in [4.78, 5) is 0. The zero-order valence-electron chi connectivity index (χ0n) is 6.50. The first-order valence-corrected chi connectivity index (χ1v) is 3.76. The third kappa shape index (κ3) is 1.05. The quantitative estimate of drug-likeness (QED) is 0.589. The molecule has 0 fully saturated rings. The Morgan fingerprint density at radius 2 is 2.27 bits per heavy atom. The van der Waals surface area contributed by atoms with E-state index < -0.39 is 0 Å². The van der Waals surface area contributed by atoms with E-state index in [2.05, 4.69) is 24.6 Å². The van der Waals surface area contributed by atoms with Crippen molar-refractivity contribution in [1.29, 1.82) is 0 Å². The van der Waals surface area contributed by atoms with Crippen molar-refractivity contribution in [2.45, 2.75) is 12.5 Å². The summed E-state index contributed by atoms with van der Waals surface area (Å²) in [5.74, 6) is 0. The van der Waals surface area contributed by atoms with Gasteiger partial charge in [-0.2, -0.15) is 0 Å². The van der Waals surface area contributed by atoms with E-state index in [9.17, 15) is 0 Å². The lowest BCUT2D eigenvalue weighted by Gasteiger charge is -2.06. The molecule has 1 heteroatoms. The maximum Gasteiger partial charge on any atom is 0.0896 e. The number of hydrogen-bond acceptors (Lipinski definition) is 1. The van der Waals surface area contributed by atoms with Gasteiger partial charge in [-0.05, 0) is 17.5 Å². The van der Waals surface area contributed by atoms with Crippen LogP contribution in [-0.2, 0) is 11.2 Å². The average Bonchev–Trinajstić information content (AvgIpc) is 2.47. The van der Waals surface area contributed by atoms with Crippen molar-refractivity contribution < 1.29 is 4.74 Å². The van der Waals surface area contributed by atoms with Crippen LogP contribution in [0.2, 0.25) is 0 Å². The molecule has 1 aromatic carbocycles. The summed E-state index contributed by atoms with van der Waals surface area (Å²) in [6.45, 7) is 0. The molecule has 1 aliphatic carbocycles. The highest BCUT2D eigenvalue weighted by atomic mass is 16.5. The fourth-order valence-electron chi connectivity index (χ4n) is 1.47. The van der Waals surface area contributed by atoms with Gasteiger partial charge in [-0.1, -0.05) is 24.3 Å². The third-order valence-electron chi connectivity index (χ3n) is 2.05. The van der Waals surface area contributed by atoms with Gasteiger partial charge in [-0.3, -0.25) is 0 Å². The van der Waals surface area contributed by atoms with Crippen LogP contribution >= 0.6 is 0 Å². The number of methoxy groups -OCH3 is 1. The molecule has 0 amide bonds. The molecule has 1 aliphatic rings. The summed E-state index contributed by atoms with van der Waals surface area (Å²) in [6, 6.07) is 8.32. The summed E-state index contributed by atoms with van der Waals surface area (Å²) in [5, 5.41) is 0. The van der Waals surface area contributed by atoms with Crippen LogP contribution in [0.5, 0.6) is 0 Å². The minimum absolute atomic E-state index is 0.103. The fourth-order valence-corrected chi connectivity index (χ4v) is 1.47. The Hall–Kier alpha value is -0.820. The van der Waals surface area contributed by atoms with E-state index >= 15 is 0 Å². The van der Waals surface area contributed by atoms with Gasteiger partial charge in [0, 0.05) is 13.5 Å². The lowest BCUT2D eigenvalue weighted by atomic mass is 10.1. The Kier molecular flexibility index (Phi) is 1.66. The van der Waals surface area contributed by atoms with Crippen molar-refractivity contribution in [2.24, 2.45) is 0 Å². The summed E-state index contributed by atoms with van der Waals surface area (Å²) in [6.07, 6.45) is 4.28. The van der Waals surface area contributed by atoms with Gasteiger partial charge in [0.15, 0.2) is 0 Å². The second-order valence-electron chi connectivity index (χ2n) is 2.70. The highest BCUT2D eigenvalue weighted by molar-refractivity contribution is 5.37. The number of fused-ring (bicyclic) bond motifs is 1. The van der Waals surface area contributed by atoms with Gasteiger partial charge >= 0.3 is 0 Å². The van der Waals surface area contributed by atoms with Crippen LogP contribution in [0, 0.1) is 6.42 Å². The van der Waals surface area contributed by atoms with E-state index in [1.807, 2.05) is 6.07 Å². The predicted molar refractivity (Wildman–Crippen MR) is 43.1 cm³/mol. The van der Waals surface area contributed by atoms with Crippen molar-refractivity contribution in [3.05, 3.63) is 41.8 Å². The Morgan fingerprint density at radius 3 is 3.09 bits per heavy atom. The van der Waals surface area contributed by atoms with Crippen LogP contribution in [0.3, 0.4) is 0 Å². The van der Waals surface area contributed by atoms with E-state index in [1.165, 1.54) is 11.1 Å². The van der Waals surface area contributed by atoms with Crippen LogP contribution in [0.1, 0.15) is 17.2 Å². The van der Waals surface area contributed by atoms with E-state index in [4.69, 9.17) is 4.74 Å². The molecule has 0 heterocycles. The van der Waals surface area contributed by atoms with E-state index in [-0.39, 0.29) is 6.10 Å². The van der Waals surface area contributed by atoms with Crippen molar-refractivity contribution in [3.63, 3.8) is 0 Å². The monoisotopic (exact) mass is 146 g/mol. The Bertz CT molecular complexity index is 255. The number of rotatable bonds is 1. The topological polar surface area (TPSA) is 9.23 Å². The van der Waals surface area contributed by atoms with Crippen LogP contribution in [0.25, 0.3) is 0 Å². The van der Waals surface area contributed by atoms with Crippen molar-refractivity contribution in [1.82, 2.24) is 0 Å². The van der Waals surface area contributed by atoms with Crippen molar-refractivity contribution >= 4 is 0 Å². The molecule has 0 saturated carbocycles. The molecule has 0 aliphatic heterocycles. The minimum atomic E-state index is 0.103. The van der Waals surface area contributed by atoms with Crippen molar-refractivity contribution in [2.75, 3.05) is 7.11 Å². The third-order valence-corrected chi connectivity index (χ3v) is 2.05. The molecule has 56 valence electrons. The SMILES string of the molecule is COC1[C]Cc2ccccc21. The molecule has 2 rings (SSSR count). The van der Waals surface area contributed by atoms with E-state index in [0.29, 0.717) is 0 Å². The molecule has 1 unspecified atom stereocenters. The normalized spacial score (nSPS) is 21.7. The minimum Gasteiger partial charge on any atom is -0.376 e. The number of ether oxygens (including phenoxy) is 1. The van der Waals surface area contributed by atoms with E-state index in [0.717, 1.165) is 6.42 Å². The van der Waals surface area contributed by atoms with Gasteiger partial charge in [0.2, 0.25) is 0 Å². The lowest BCUT2D eigenvalue weighted by molar-refractivity contribution is 0.134. The molecule has 1 aromatic rings. The molecule has 0 spiro atoms. The zero-order valence-corrected chi connectivity index (χ0v) is 6.50. The first-order chi connectivity index (χ1) is 5.42. The summed E-state index contributed by atoms with van der Waals surface area (Å²) in [5.41, 5.74) is 2.62. The molecular weight excluding hydrogens is 136 g/mol. The Balaban J connectivity index is 2.39. The smallest absolute Gasteiger partial charge is 0.0896 e. The van der Waals surface area contributed by atoms with Gasteiger partial charge in [0.05, 0.1) is 6.10 Å². The van der Waals surface area contributed by atoms with Crippen LogP contribution in [-0.4, -0.2) is 7.11 Å². The largest absolute Gasteiger partial charge is 0.376 e. The first-order valence-electron chi connectivity index (χ1n) is 3.76. The lowest BCUT2D eigenvalue weighted by Crippen LogP contribution is -1.94. The van der Waals surface area contributed by atoms with Gasteiger partial charge in [0.1, 0.15) is 0 Å². The standard InChI is InChI=1S/C10H10O/c1-11-10-7-6-8-4-2-3-5-9(8)10/h2-5,10H,6H2,1H3. The molecule has 0 aromatic heterocycles. The molecule has 1 atom stereocenters. The molecule has 11 heavy (non-hydrogen) atoms. The van der Waals surface area contributed by atoms with Crippen LogP contribution in [0.4, 0.5) is 0 Å². The predicted octanol–water partition coefficient (Wildman–Crippen LogP) is 2.01. The average molecular weight is 146 g/mol. The molecule has 2 radical (unpaired) electrons. The van der Waals surface area contributed by atoms with Gasteiger partial charge in [-0.15, -0.1) is 0 Å². The Morgan fingerprint density at radius 1 is 1.45 bits per heavy atom. The number of hydrogen-bond donors (Lipinski definition) is 0. The summed E-state index contributed by atoms with van der Waals surface area (Å²) < 4.78 is 5.23. The molecular formula is C10H10O. The van der Waals surface area contributed by atoms with E-state index in [1.54, 1.807) is 7.11 Å².